The number of aromatic nitrogens is 2. The SMILES string of the molecule is CSc1nc(SCC(=O)Nc2ccccc2)c2c3c(sc2n1)C[NH+](C)CC3. The van der Waals surface area contributed by atoms with Gasteiger partial charge in [0, 0.05) is 17.5 Å². The summed E-state index contributed by atoms with van der Waals surface area (Å²) in [6, 6.07) is 9.55. The van der Waals surface area contributed by atoms with E-state index in [9.17, 15) is 4.79 Å². The highest BCUT2D eigenvalue weighted by Gasteiger charge is 2.25. The average Bonchev–Trinajstić information content (AvgIpc) is 3.04. The van der Waals surface area contributed by atoms with Crippen LogP contribution in [0, 0.1) is 0 Å². The van der Waals surface area contributed by atoms with Crippen LogP contribution in [-0.2, 0) is 17.8 Å². The minimum atomic E-state index is -0.0167. The number of benzene rings is 1. The maximum atomic E-state index is 12.4. The van der Waals surface area contributed by atoms with Crippen LogP contribution in [0.5, 0.6) is 0 Å². The Morgan fingerprint density at radius 2 is 2.11 bits per heavy atom. The smallest absolute Gasteiger partial charge is 0.234 e. The van der Waals surface area contributed by atoms with Crippen molar-refractivity contribution in [3.63, 3.8) is 0 Å². The normalized spacial score (nSPS) is 16.3. The second kappa shape index (κ2) is 8.18. The van der Waals surface area contributed by atoms with E-state index in [0.717, 1.165) is 45.6 Å². The van der Waals surface area contributed by atoms with Gasteiger partial charge in [-0.05, 0) is 24.0 Å². The van der Waals surface area contributed by atoms with Gasteiger partial charge in [0.15, 0.2) is 5.16 Å². The van der Waals surface area contributed by atoms with E-state index in [-0.39, 0.29) is 5.91 Å². The van der Waals surface area contributed by atoms with Gasteiger partial charge in [-0.25, -0.2) is 9.97 Å². The van der Waals surface area contributed by atoms with Crippen LogP contribution in [0.4, 0.5) is 5.69 Å². The molecule has 1 aliphatic heterocycles. The standard InChI is InChI=1S/C19H20N4OS3/c1-23-9-8-13-14(10-23)27-18-16(13)17(21-19(22-18)25-2)26-11-15(24)20-12-6-4-3-5-7-12/h3-7H,8-11H2,1-2H3,(H,20,24)/p+1. The molecule has 4 rings (SSSR count). The fourth-order valence-corrected chi connectivity index (χ4v) is 5.94. The van der Waals surface area contributed by atoms with E-state index in [2.05, 4.69) is 12.4 Å². The number of nitrogens with one attached hydrogen (secondary N) is 2. The van der Waals surface area contributed by atoms with Crippen LogP contribution in [0.25, 0.3) is 10.2 Å². The molecule has 1 atom stereocenters. The van der Waals surface area contributed by atoms with Gasteiger partial charge >= 0.3 is 0 Å². The fraction of sp³-hybridized carbons (Fsp3) is 0.316. The minimum Gasteiger partial charge on any atom is -0.333 e. The number of likely N-dealkylation sites (N-methyl/N-ethyl adjacent to an activating group) is 1. The van der Waals surface area contributed by atoms with Crippen LogP contribution >= 0.6 is 34.9 Å². The molecule has 5 nitrogen and oxygen atoms in total. The molecule has 0 fully saturated rings. The number of carbonyl (C=O) groups is 1. The molecule has 2 N–H and O–H groups in total. The first-order chi connectivity index (χ1) is 13.1. The van der Waals surface area contributed by atoms with E-state index in [1.165, 1.54) is 27.1 Å². The molecule has 0 spiro atoms. The van der Waals surface area contributed by atoms with Crippen molar-refractivity contribution in [1.29, 1.82) is 0 Å². The second-order valence-electron chi connectivity index (χ2n) is 6.54. The molecular weight excluding hydrogens is 396 g/mol. The van der Waals surface area contributed by atoms with E-state index in [1.807, 2.05) is 36.6 Å². The zero-order valence-electron chi connectivity index (χ0n) is 15.2. The van der Waals surface area contributed by atoms with Crippen LogP contribution in [0.2, 0.25) is 0 Å². The third-order valence-corrected chi connectivity index (χ3v) is 7.17. The van der Waals surface area contributed by atoms with Gasteiger partial charge in [-0.3, -0.25) is 4.79 Å². The highest BCUT2D eigenvalue weighted by atomic mass is 32.2. The molecular formula is C19H21N4OS3+. The summed E-state index contributed by atoms with van der Waals surface area (Å²) < 4.78 is 0. The number of rotatable bonds is 5. The van der Waals surface area contributed by atoms with E-state index >= 15 is 0 Å². The van der Waals surface area contributed by atoms with Crippen molar-refractivity contribution in [3.8, 4) is 0 Å². The molecule has 1 unspecified atom stereocenters. The molecule has 2 aromatic heterocycles. The number of carbonyl (C=O) groups excluding carboxylic acids is 1. The second-order valence-corrected chi connectivity index (χ2v) is 9.36. The summed E-state index contributed by atoms with van der Waals surface area (Å²) in [6.07, 6.45) is 3.04. The first-order valence-corrected chi connectivity index (χ1v) is 11.8. The quantitative estimate of drug-likeness (QED) is 0.380. The zero-order chi connectivity index (χ0) is 18.8. The van der Waals surface area contributed by atoms with Crippen molar-refractivity contribution in [2.45, 2.75) is 23.1 Å². The minimum absolute atomic E-state index is 0.0167. The Kier molecular flexibility index (Phi) is 5.68. The lowest BCUT2D eigenvalue weighted by atomic mass is 10.1. The summed E-state index contributed by atoms with van der Waals surface area (Å²) in [7, 11) is 2.23. The van der Waals surface area contributed by atoms with Crippen LogP contribution < -0.4 is 10.2 Å². The molecule has 0 bridgehead atoms. The summed E-state index contributed by atoms with van der Waals surface area (Å²) >= 11 is 4.84. The van der Waals surface area contributed by atoms with E-state index in [4.69, 9.17) is 9.97 Å². The van der Waals surface area contributed by atoms with Crippen molar-refractivity contribution in [2.75, 3.05) is 30.9 Å². The summed E-state index contributed by atoms with van der Waals surface area (Å²) in [4.78, 5) is 25.8. The number of quaternary nitrogens is 1. The molecule has 0 radical (unpaired) electrons. The number of nitrogens with zero attached hydrogens (tertiary/aromatic N) is 2. The Balaban J connectivity index is 1.59. The van der Waals surface area contributed by atoms with Gasteiger partial charge in [0.1, 0.15) is 16.4 Å². The van der Waals surface area contributed by atoms with E-state index in [1.54, 1.807) is 23.1 Å². The number of anilines is 1. The van der Waals surface area contributed by atoms with Crippen LogP contribution in [0.15, 0.2) is 40.5 Å². The first kappa shape index (κ1) is 18.7. The summed E-state index contributed by atoms with van der Waals surface area (Å²) in [5.41, 5.74) is 2.21. The number of thiophene rings is 1. The first-order valence-electron chi connectivity index (χ1n) is 8.79. The third kappa shape index (κ3) is 4.13. The molecule has 0 saturated heterocycles. The van der Waals surface area contributed by atoms with Gasteiger partial charge < -0.3 is 10.2 Å². The molecule has 3 heterocycles. The number of hydrogen-bond acceptors (Lipinski definition) is 6. The Labute approximate surface area is 171 Å². The van der Waals surface area contributed by atoms with Crippen molar-refractivity contribution in [1.82, 2.24) is 9.97 Å². The van der Waals surface area contributed by atoms with Crippen molar-refractivity contribution in [2.24, 2.45) is 0 Å². The van der Waals surface area contributed by atoms with Gasteiger partial charge in [0.2, 0.25) is 5.91 Å². The van der Waals surface area contributed by atoms with Gasteiger partial charge in [0.25, 0.3) is 0 Å². The fourth-order valence-electron chi connectivity index (χ4n) is 3.21. The van der Waals surface area contributed by atoms with Gasteiger partial charge in [-0.15, -0.1) is 11.3 Å². The number of hydrogen-bond donors (Lipinski definition) is 2. The Hall–Kier alpha value is -1.61. The maximum absolute atomic E-state index is 12.4. The lowest BCUT2D eigenvalue weighted by Gasteiger charge is -2.19. The molecule has 27 heavy (non-hydrogen) atoms. The Morgan fingerprint density at radius 1 is 1.30 bits per heavy atom. The zero-order valence-corrected chi connectivity index (χ0v) is 17.7. The van der Waals surface area contributed by atoms with Crippen molar-refractivity contribution >= 4 is 56.7 Å². The largest absolute Gasteiger partial charge is 0.333 e. The number of fused-ring (bicyclic) bond motifs is 3. The monoisotopic (exact) mass is 417 g/mol. The summed E-state index contributed by atoms with van der Waals surface area (Å²) in [6.45, 7) is 2.17. The highest BCUT2D eigenvalue weighted by Crippen LogP contribution is 2.37. The molecule has 0 aliphatic carbocycles. The van der Waals surface area contributed by atoms with Gasteiger partial charge in [-0.1, -0.05) is 41.7 Å². The maximum Gasteiger partial charge on any atom is 0.234 e. The number of amides is 1. The van der Waals surface area contributed by atoms with Crippen molar-refractivity contribution in [3.05, 3.63) is 40.8 Å². The summed E-state index contributed by atoms with van der Waals surface area (Å²) in [5, 5.41) is 5.81. The average molecular weight is 418 g/mol. The van der Waals surface area contributed by atoms with Crippen LogP contribution in [0.1, 0.15) is 10.4 Å². The Morgan fingerprint density at radius 3 is 2.89 bits per heavy atom. The molecule has 1 amide bonds. The van der Waals surface area contributed by atoms with Crippen LogP contribution in [-0.4, -0.2) is 41.5 Å². The predicted molar refractivity (Wildman–Crippen MR) is 114 cm³/mol. The molecule has 8 heteroatoms. The van der Waals surface area contributed by atoms with E-state index in [0.29, 0.717) is 5.75 Å². The van der Waals surface area contributed by atoms with Crippen molar-refractivity contribution < 1.29 is 9.69 Å². The lowest BCUT2D eigenvalue weighted by Crippen LogP contribution is -3.08. The molecule has 140 valence electrons. The molecule has 0 saturated carbocycles. The molecule has 1 aromatic carbocycles. The number of thioether (sulfide) groups is 2. The topological polar surface area (TPSA) is 59.3 Å². The summed E-state index contributed by atoms with van der Waals surface area (Å²) in [5.74, 6) is 0.321. The lowest BCUT2D eigenvalue weighted by molar-refractivity contribution is -0.895. The molecule has 1 aliphatic rings. The van der Waals surface area contributed by atoms with Crippen LogP contribution in [0.3, 0.4) is 0 Å². The highest BCUT2D eigenvalue weighted by molar-refractivity contribution is 8.00. The van der Waals surface area contributed by atoms with Gasteiger partial charge in [0.05, 0.1) is 24.2 Å². The van der Waals surface area contributed by atoms with Gasteiger partial charge in [-0.2, -0.15) is 0 Å². The third-order valence-electron chi connectivity index (χ3n) is 4.52. The van der Waals surface area contributed by atoms with E-state index < -0.39 is 0 Å². The number of para-hydroxylation sites is 1. The predicted octanol–water partition coefficient (Wildman–Crippen LogP) is 2.71. The molecule has 3 aromatic rings. The Bertz CT molecular complexity index is 974.